The lowest BCUT2D eigenvalue weighted by atomic mass is 9.55. The number of fused-ring (bicyclic) bond motifs is 5. The number of benzene rings is 2. The number of esters is 1. The first-order chi connectivity index (χ1) is 17.0. The maximum absolute atomic E-state index is 12.1. The van der Waals surface area contributed by atoms with E-state index in [0.29, 0.717) is 30.3 Å². The maximum Gasteiger partial charge on any atom is 0.302 e. The van der Waals surface area contributed by atoms with Gasteiger partial charge >= 0.3 is 5.97 Å². The smallest absolute Gasteiger partial charge is 0.302 e. The molecule has 6 atom stereocenters. The summed E-state index contributed by atoms with van der Waals surface area (Å²) in [6, 6.07) is 17.2. The molecule has 3 aliphatic rings. The number of rotatable bonds is 8. The quantitative estimate of drug-likeness (QED) is 0.288. The Morgan fingerprint density at radius 3 is 2.69 bits per heavy atom. The van der Waals surface area contributed by atoms with Crippen molar-refractivity contribution in [3.8, 4) is 5.75 Å². The van der Waals surface area contributed by atoms with Crippen molar-refractivity contribution in [3.05, 3.63) is 65.2 Å². The predicted octanol–water partition coefficient (Wildman–Crippen LogP) is 7.86. The van der Waals surface area contributed by atoms with Gasteiger partial charge in [-0.3, -0.25) is 4.79 Å². The molecule has 2 fully saturated rings. The highest BCUT2D eigenvalue weighted by molar-refractivity contribution is 5.66. The van der Waals surface area contributed by atoms with E-state index in [1.165, 1.54) is 56.1 Å². The third-order valence-electron chi connectivity index (χ3n) is 9.49. The molecule has 2 aromatic rings. The zero-order valence-corrected chi connectivity index (χ0v) is 21.8. The van der Waals surface area contributed by atoms with Gasteiger partial charge in [-0.15, -0.1) is 0 Å². The third kappa shape index (κ3) is 4.88. The van der Waals surface area contributed by atoms with Crippen LogP contribution in [0.1, 0.15) is 94.7 Å². The minimum absolute atomic E-state index is 0.0953. The van der Waals surface area contributed by atoms with Crippen LogP contribution in [0.15, 0.2) is 48.5 Å². The predicted molar refractivity (Wildman–Crippen MR) is 140 cm³/mol. The largest absolute Gasteiger partial charge is 0.489 e. The van der Waals surface area contributed by atoms with Crippen LogP contribution in [-0.2, 0) is 22.6 Å². The molecule has 5 rings (SSSR count). The second-order valence-electron chi connectivity index (χ2n) is 11.6. The van der Waals surface area contributed by atoms with Gasteiger partial charge in [0, 0.05) is 12.3 Å². The number of hydrogen-bond acceptors (Lipinski definition) is 3. The van der Waals surface area contributed by atoms with E-state index in [2.05, 4.69) is 56.3 Å². The highest BCUT2D eigenvalue weighted by atomic mass is 16.5. The highest BCUT2D eigenvalue weighted by Gasteiger charge is 2.59. The Balaban J connectivity index is 1.32. The first-order valence-electron chi connectivity index (χ1n) is 14.0. The van der Waals surface area contributed by atoms with E-state index in [9.17, 15) is 4.79 Å². The fraction of sp³-hybridized carbons (Fsp3) is 0.594. The van der Waals surface area contributed by atoms with Gasteiger partial charge in [0.2, 0.25) is 0 Å². The number of carbonyl (C=O) groups is 1. The average molecular weight is 475 g/mol. The summed E-state index contributed by atoms with van der Waals surface area (Å²) in [5.41, 5.74) is 4.36. The van der Waals surface area contributed by atoms with Crippen LogP contribution >= 0.6 is 0 Å². The summed E-state index contributed by atoms with van der Waals surface area (Å²) in [5, 5.41) is 0. The Labute approximate surface area is 211 Å². The minimum atomic E-state index is -0.100. The van der Waals surface area contributed by atoms with Crippen molar-refractivity contribution in [2.75, 3.05) is 0 Å². The molecule has 0 spiro atoms. The first-order valence-corrected chi connectivity index (χ1v) is 14.0. The van der Waals surface area contributed by atoms with Gasteiger partial charge in [0.1, 0.15) is 18.5 Å². The Kier molecular flexibility index (Phi) is 7.23. The van der Waals surface area contributed by atoms with Crippen LogP contribution in [0.25, 0.3) is 0 Å². The van der Waals surface area contributed by atoms with Crippen LogP contribution in [-0.4, -0.2) is 12.1 Å². The average Bonchev–Trinajstić information content (AvgIpc) is 3.14. The number of carbonyl (C=O) groups excluding carboxylic acids is 1. The van der Waals surface area contributed by atoms with Crippen molar-refractivity contribution < 1.29 is 14.3 Å². The molecule has 0 aliphatic heterocycles. The molecule has 35 heavy (non-hydrogen) atoms. The summed E-state index contributed by atoms with van der Waals surface area (Å²) in [5.74, 6) is 3.39. The number of ether oxygens (including phenoxy) is 2. The van der Waals surface area contributed by atoms with E-state index in [0.717, 1.165) is 18.6 Å². The van der Waals surface area contributed by atoms with E-state index >= 15 is 0 Å². The Bertz CT molecular complexity index is 1010. The maximum atomic E-state index is 12.1. The molecule has 3 unspecified atom stereocenters. The monoisotopic (exact) mass is 474 g/mol. The fourth-order valence-corrected chi connectivity index (χ4v) is 7.86. The van der Waals surface area contributed by atoms with Crippen molar-refractivity contribution in [1.29, 1.82) is 0 Å². The lowest BCUT2D eigenvalue weighted by Gasteiger charge is -2.50. The molecule has 2 aromatic carbocycles. The SMILES string of the molecule is CCCCC[C@@H]1CC2C3CCc4cc(OCc5ccccc5)ccc4C3CC[C@]2(C)[C@H]1OC(C)=O. The lowest BCUT2D eigenvalue weighted by Crippen LogP contribution is -2.45. The Hall–Kier alpha value is -2.29. The molecular formula is C32H42O3. The molecule has 0 bridgehead atoms. The van der Waals surface area contributed by atoms with Gasteiger partial charge in [-0.05, 0) is 91.0 Å². The zero-order chi connectivity index (χ0) is 24.4. The van der Waals surface area contributed by atoms with Gasteiger partial charge in [0.25, 0.3) is 0 Å². The lowest BCUT2D eigenvalue weighted by molar-refractivity contribution is -0.158. The van der Waals surface area contributed by atoms with E-state index in [1.807, 2.05) is 6.07 Å². The summed E-state index contributed by atoms with van der Waals surface area (Å²) in [6.07, 6.45) is 11.0. The summed E-state index contributed by atoms with van der Waals surface area (Å²) in [4.78, 5) is 12.1. The molecule has 0 N–H and O–H groups in total. The Morgan fingerprint density at radius 2 is 1.91 bits per heavy atom. The van der Waals surface area contributed by atoms with E-state index in [4.69, 9.17) is 9.47 Å². The Morgan fingerprint density at radius 1 is 1.09 bits per heavy atom. The molecule has 0 aromatic heterocycles. The van der Waals surface area contributed by atoms with Crippen molar-refractivity contribution >= 4 is 5.97 Å². The van der Waals surface area contributed by atoms with Crippen LogP contribution in [0.2, 0.25) is 0 Å². The normalized spacial score (nSPS) is 31.2. The molecule has 3 aliphatic carbocycles. The fourth-order valence-electron chi connectivity index (χ4n) is 7.86. The molecule has 2 saturated carbocycles. The second kappa shape index (κ2) is 10.4. The molecular weight excluding hydrogens is 432 g/mol. The molecule has 0 heterocycles. The summed E-state index contributed by atoms with van der Waals surface area (Å²) in [6.45, 7) is 6.92. The van der Waals surface area contributed by atoms with Gasteiger partial charge in [0.15, 0.2) is 0 Å². The van der Waals surface area contributed by atoms with Crippen LogP contribution < -0.4 is 4.74 Å². The topological polar surface area (TPSA) is 35.5 Å². The molecule has 188 valence electrons. The van der Waals surface area contributed by atoms with Crippen molar-refractivity contribution in [2.45, 2.75) is 97.2 Å². The van der Waals surface area contributed by atoms with E-state index < -0.39 is 0 Å². The number of unbranched alkanes of at least 4 members (excludes halogenated alkanes) is 2. The van der Waals surface area contributed by atoms with Gasteiger partial charge in [0.05, 0.1) is 0 Å². The zero-order valence-electron chi connectivity index (χ0n) is 21.8. The van der Waals surface area contributed by atoms with Crippen LogP contribution in [0, 0.1) is 23.2 Å². The van der Waals surface area contributed by atoms with Gasteiger partial charge in [-0.2, -0.15) is 0 Å². The number of hydrogen-bond donors (Lipinski definition) is 0. The van der Waals surface area contributed by atoms with Crippen molar-refractivity contribution in [3.63, 3.8) is 0 Å². The molecule has 3 nitrogen and oxygen atoms in total. The third-order valence-corrected chi connectivity index (χ3v) is 9.49. The summed E-state index contributed by atoms with van der Waals surface area (Å²) < 4.78 is 12.2. The standard InChI is InChI=1S/C32H42O3/c1-4-5-7-12-25-20-30-29-15-13-24-19-26(34-21-23-10-8-6-9-11-23)14-16-27(24)28(29)17-18-32(30,3)31(25)35-22(2)33/h6,8-11,14,16,19,25,28-31H,4-5,7,12-13,15,17-18,20-21H2,1-3H3/t25-,28?,29?,30?,31+,32+/m1/s1. The van der Waals surface area contributed by atoms with Crippen molar-refractivity contribution in [1.82, 2.24) is 0 Å². The van der Waals surface area contributed by atoms with Gasteiger partial charge in [-0.1, -0.05) is 69.5 Å². The summed E-state index contributed by atoms with van der Waals surface area (Å²) in [7, 11) is 0. The minimum Gasteiger partial charge on any atom is -0.489 e. The molecule has 3 heteroatoms. The molecule has 0 amide bonds. The van der Waals surface area contributed by atoms with Crippen LogP contribution in [0.3, 0.4) is 0 Å². The molecule has 0 radical (unpaired) electrons. The first kappa shape index (κ1) is 24.4. The van der Waals surface area contributed by atoms with Crippen LogP contribution in [0.5, 0.6) is 5.75 Å². The highest BCUT2D eigenvalue weighted by Crippen LogP contribution is 2.63. The number of aryl methyl sites for hydroxylation is 1. The van der Waals surface area contributed by atoms with Crippen LogP contribution in [0.4, 0.5) is 0 Å². The van der Waals surface area contributed by atoms with E-state index in [-0.39, 0.29) is 17.5 Å². The van der Waals surface area contributed by atoms with E-state index in [1.54, 1.807) is 12.5 Å². The van der Waals surface area contributed by atoms with Gasteiger partial charge in [-0.25, -0.2) is 0 Å². The van der Waals surface area contributed by atoms with Gasteiger partial charge < -0.3 is 9.47 Å². The second-order valence-corrected chi connectivity index (χ2v) is 11.6. The molecule has 0 saturated heterocycles. The van der Waals surface area contributed by atoms with Crippen molar-refractivity contribution in [2.24, 2.45) is 23.2 Å². The summed E-state index contributed by atoms with van der Waals surface area (Å²) >= 11 is 0.